The Balaban J connectivity index is 1.49. The number of likely N-dealkylation sites (tertiary alicyclic amines) is 1. The topological polar surface area (TPSA) is 116 Å². The summed E-state index contributed by atoms with van der Waals surface area (Å²) in [6.07, 6.45) is 5.06. The number of non-ortho nitro benzene ring substituents is 1. The number of hydrogen-bond donors (Lipinski definition) is 1. The Hall–Kier alpha value is -3.34. The van der Waals surface area contributed by atoms with Gasteiger partial charge in [-0.1, -0.05) is 43.5 Å². The summed E-state index contributed by atoms with van der Waals surface area (Å²) in [6, 6.07) is 11.4. The second kappa shape index (κ2) is 10.9. The van der Waals surface area contributed by atoms with Gasteiger partial charge in [0.05, 0.1) is 30.8 Å². The SMILES string of the molecule is O=C1C[C@]2(c3ccc([N+](=O)[O-])cc3)C(=O)N(CCN3CCOCC3)c3cc(CO)ccc3[C@H]2N1C1CCCCC1. The summed E-state index contributed by atoms with van der Waals surface area (Å²) in [5, 5.41) is 21.4. The van der Waals surface area contributed by atoms with Gasteiger partial charge >= 0.3 is 0 Å². The lowest BCUT2D eigenvalue weighted by Gasteiger charge is -2.48. The second-order valence-corrected chi connectivity index (χ2v) is 11.4. The number of aliphatic hydroxyl groups excluding tert-OH is 1. The van der Waals surface area contributed by atoms with Crippen LogP contribution >= 0.6 is 0 Å². The van der Waals surface area contributed by atoms with Crippen LogP contribution in [0.25, 0.3) is 0 Å². The van der Waals surface area contributed by atoms with Crippen molar-refractivity contribution in [1.82, 2.24) is 9.80 Å². The van der Waals surface area contributed by atoms with Gasteiger partial charge in [0.15, 0.2) is 0 Å². The molecule has 0 unspecified atom stereocenters. The molecule has 3 aliphatic heterocycles. The maximum atomic E-state index is 14.9. The number of nitro benzene ring substituents is 1. The Morgan fingerprint density at radius 3 is 2.40 bits per heavy atom. The molecule has 6 rings (SSSR count). The number of amides is 2. The van der Waals surface area contributed by atoms with Crippen LogP contribution in [0, 0.1) is 10.1 Å². The summed E-state index contributed by atoms with van der Waals surface area (Å²) in [4.78, 5) is 45.8. The number of carbonyl (C=O) groups is 2. The van der Waals surface area contributed by atoms with Crippen molar-refractivity contribution in [3.05, 3.63) is 69.3 Å². The molecule has 10 heteroatoms. The third-order valence-electron chi connectivity index (χ3n) is 9.26. The van der Waals surface area contributed by atoms with Crippen molar-refractivity contribution in [1.29, 1.82) is 0 Å². The Morgan fingerprint density at radius 2 is 1.73 bits per heavy atom. The van der Waals surface area contributed by atoms with Crippen molar-refractivity contribution in [3.63, 3.8) is 0 Å². The summed E-state index contributed by atoms with van der Waals surface area (Å²) in [5.41, 5.74) is 1.73. The number of hydrogen-bond acceptors (Lipinski definition) is 7. The highest BCUT2D eigenvalue weighted by atomic mass is 16.6. The van der Waals surface area contributed by atoms with E-state index in [1.54, 1.807) is 17.0 Å². The number of aliphatic hydroxyl groups is 1. The van der Waals surface area contributed by atoms with Crippen LogP contribution in [-0.4, -0.2) is 77.1 Å². The molecule has 1 aliphatic carbocycles. The van der Waals surface area contributed by atoms with E-state index in [0.29, 0.717) is 37.4 Å². The number of ether oxygens (including phenoxy) is 1. The van der Waals surface area contributed by atoms with E-state index in [-0.39, 0.29) is 36.6 Å². The Labute approximate surface area is 233 Å². The van der Waals surface area contributed by atoms with Crippen LogP contribution in [0.15, 0.2) is 42.5 Å². The van der Waals surface area contributed by atoms with E-state index in [1.807, 2.05) is 23.1 Å². The summed E-state index contributed by atoms with van der Waals surface area (Å²) < 4.78 is 5.50. The number of fused-ring (bicyclic) bond motifs is 3. The zero-order valence-corrected chi connectivity index (χ0v) is 22.7. The van der Waals surface area contributed by atoms with E-state index in [2.05, 4.69) is 4.90 Å². The Kier molecular flexibility index (Phi) is 7.33. The van der Waals surface area contributed by atoms with Crippen molar-refractivity contribution in [3.8, 4) is 0 Å². The summed E-state index contributed by atoms with van der Waals surface area (Å²) in [7, 11) is 0. The maximum absolute atomic E-state index is 14.9. The van der Waals surface area contributed by atoms with Gasteiger partial charge in [-0.3, -0.25) is 24.6 Å². The number of nitrogens with zero attached hydrogens (tertiary/aromatic N) is 4. The van der Waals surface area contributed by atoms with Crippen LogP contribution in [0.5, 0.6) is 0 Å². The Bertz CT molecular complexity index is 1290. The molecule has 0 spiro atoms. The van der Waals surface area contributed by atoms with Crippen LogP contribution in [0.2, 0.25) is 0 Å². The molecular weight excluding hydrogens is 512 g/mol. The minimum atomic E-state index is -1.19. The molecule has 2 aromatic rings. The smallest absolute Gasteiger partial charge is 0.269 e. The third kappa shape index (κ3) is 4.48. The number of nitro groups is 1. The zero-order chi connectivity index (χ0) is 27.9. The second-order valence-electron chi connectivity index (χ2n) is 11.4. The summed E-state index contributed by atoms with van der Waals surface area (Å²) in [5.74, 6) is -0.204. The minimum absolute atomic E-state index is 0.0278. The van der Waals surface area contributed by atoms with E-state index in [0.717, 1.165) is 56.4 Å². The molecule has 0 radical (unpaired) electrons. The fourth-order valence-corrected chi connectivity index (χ4v) is 7.24. The lowest BCUT2D eigenvalue weighted by molar-refractivity contribution is -0.384. The fourth-order valence-electron chi connectivity index (χ4n) is 7.24. The molecule has 10 nitrogen and oxygen atoms in total. The van der Waals surface area contributed by atoms with Gasteiger partial charge in [-0.15, -0.1) is 0 Å². The van der Waals surface area contributed by atoms with Crippen molar-refractivity contribution in [2.45, 2.75) is 62.6 Å². The third-order valence-corrected chi connectivity index (χ3v) is 9.26. The van der Waals surface area contributed by atoms with Crippen molar-refractivity contribution < 1.29 is 24.4 Å². The molecule has 3 fully saturated rings. The van der Waals surface area contributed by atoms with Crippen LogP contribution in [0.1, 0.15) is 61.3 Å². The van der Waals surface area contributed by atoms with E-state index < -0.39 is 16.4 Å². The summed E-state index contributed by atoms with van der Waals surface area (Å²) in [6.45, 7) is 3.81. The number of rotatable bonds is 7. The van der Waals surface area contributed by atoms with Gasteiger partial charge in [-0.05, 0) is 35.6 Å². The number of anilines is 1. The lowest BCUT2D eigenvalue weighted by Crippen LogP contribution is -2.57. The van der Waals surface area contributed by atoms with Gasteiger partial charge in [0.25, 0.3) is 5.69 Å². The number of benzene rings is 2. The number of morpholine rings is 1. The first-order valence-corrected chi connectivity index (χ1v) is 14.4. The van der Waals surface area contributed by atoms with Gasteiger partial charge in [-0.25, -0.2) is 0 Å². The van der Waals surface area contributed by atoms with Gasteiger partial charge in [0.1, 0.15) is 5.41 Å². The van der Waals surface area contributed by atoms with Crippen LogP contribution in [0.3, 0.4) is 0 Å². The van der Waals surface area contributed by atoms with Crippen LogP contribution < -0.4 is 4.90 Å². The van der Waals surface area contributed by atoms with Gasteiger partial charge in [-0.2, -0.15) is 0 Å². The van der Waals surface area contributed by atoms with Crippen LogP contribution in [-0.2, 0) is 26.3 Å². The van der Waals surface area contributed by atoms with Gasteiger partial charge in [0, 0.05) is 56.5 Å². The number of carbonyl (C=O) groups excluding carboxylic acids is 2. The van der Waals surface area contributed by atoms with E-state index in [9.17, 15) is 24.8 Å². The highest BCUT2D eigenvalue weighted by Gasteiger charge is 2.63. The monoisotopic (exact) mass is 548 g/mol. The zero-order valence-electron chi connectivity index (χ0n) is 22.7. The lowest BCUT2D eigenvalue weighted by atomic mass is 9.67. The van der Waals surface area contributed by atoms with Crippen molar-refractivity contribution in [2.75, 3.05) is 44.3 Å². The molecule has 2 amide bonds. The van der Waals surface area contributed by atoms with E-state index in [4.69, 9.17) is 4.74 Å². The molecule has 3 heterocycles. The molecule has 4 aliphatic rings. The molecule has 1 N–H and O–H groups in total. The first-order chi connectivity index (χ1) is 19.4. The quantitative estimate of drug-likeness (QED) is 0.417. The average Bonchev–Trinajstić information content (AvgIpc) is 3.31. The van der Waals surface area contributed by atoms with E-state index in [1.165, 1.54) is 12.1 Å². The largest absolute Gasteiger partial charge is 0.392 e. The standard InChI is InChI=1S/C30H36N4O6/c35-20-21-6-11-25-26(18-21)32(13-12-31-14-16-40-17-15-31)29(37)30(22-7-9-24(10-8-22)34(38)39)19-27(36)33(28(25)30)23-4-2-1-3-5-23/h6-11,18,23,28,35H,1-5,12-17,19-20H2/t28-,30-/m1/s1. The van der Waals surface area contributed by atoms with Gasteiger partial charge < -0.3 is 19.6 Å². The molecule has 2 atom stereocenters. The molecule has 0 aromatic heterocycles. The molecule has 40 heavy (non-hydrogen) atoms. The Morgan fingerprint density at radius 1 is 1.00 bits per heavy atom. The predicted molar refractivity (Wildman–Crippen MR) is 148 cm³/mol. The minimum Gasteiger partial charge on any atom is -0.392 e. The molecule has 2 saturated heterocycles. The first kappa shape index (κ1) is 26.9. The van der Waals surface area contributed by atoms with Crippen LogP contribution in [0.4, 0.5) is 11.4 Å². The molecule has 0 bridgehead atoms. The maximum Gasteiger partial charge on any atom is 0.269 e. The predicted octanol–water partition coefficient (Wildman–Crippen LogP) is 3.31. The average molecular weight is 549 g/mol. The fraction of sp³-hybridized carbons (Fsp3) is 0.533. The molecular formula is C30H36N4O6. The summed E-state index contributed by atoms with van der Waals surface area (Å²) >= 11 is 0. The van der Waals surface area contributed by atoms with E-state index >= 15 is 0 Å². The molecule has 2 aromatic carbocycles. The van der Waals surface area contributed by atoms with Crippen molar-refractivity contribution >= 4 is 23.2 Å². The first-order valence-electron chi connectivity index (χ1n) is 14.4. The molecule has 212 valence electrons. The normalized spacial score (nSPS) is 25.7. The molecule has 1 saturated carbocycles. The van der Waals surface area contributed by atoms with Gasteiger partial charge in [0.2, 0.25) is 11.8 Å². The van der Waals surface area contributed by atoms with Crippen molar-refractivity contribution in [2.24, 2.45) is 0 Å². The highest BCUT2D eigenvalue weighted by Crippen LogP contribution is 2.57. The highest BCUT2D eigenvalue weighted by molar-refractivity contribution is 6.09.